The monoisotopic (exact) mass is 283 g/mol. The molecule has 2 nitrogen and oxygen atoms in total. The van der Waals surface area contributed by atoms with Gasteiger partial charge < -0.3 is 5.32 Å². The highest BCUT2D eigenvalue weighted by Crippen LogP contribution is 2.18. The predicted molar refractivity (Wildman–Crippen MR) is 64.5 cm³/mol. The second-order valence-corrected chi connectivity index (χ2v) is 4.26. The summed E-state index contributed by atoms with van der Waals surface area (Å²) in [5.74, 6) is 1.80. The van der Waals surface area contributed by atoms with Crippen molar-refractivity contribution < 1.29 is 9.18 Å². The molecule has 0 saturated heterocycles. The van der Waals surface area contributed by atoms with E-state index in [0.717, 1.165) is 0 Å². The average molecular weight is 284 g/mol. The number of terminal acetylenes is 1. The van der Waals surface area contributed by atoms with Gasteiger partial charge in [-0.3, -0.25) is 4.79 Å². The molecule has 0 heterocycles. The molecule has 16 heavy (non-hydrogen) atoms. The van der Waals surface area contributed by atoms with Gasteiger partial charge in [0.05, 0.1) is 5.56 Å². The normalized spacial score (nSPS) is 11.6. The number of benzene rings is 1. The summed E-state index contributed by atoms with van der Waals surface area (Å²) in [7, 11) is 0. The lowest BCUT2D eigenvalue weighted by atomic mass is 10.2. The standard InChI is InChI=1S/C12H11BrFNO/c1-3-4-8(2)15-12(16)10-6-5-9(14)7-11(10)13/h1,5-8H,4H2,2H3,(H,15,16). The van der Waals surface area contributed by atoms with Crippen LogP contribution in [0.25, 0.3) is 0 Å². The van der Waals surface area contributed by atoms with Gasteiger partial charge in [0, 0.05) is 16.9 Å². The zero-order valence-corrected chi connectivity index (χ0v) is 10.3. The number of rotatable bonds is 3. The Balaban J connectivity index is 2.78. The maximum absolute atomic E-state index is 12.8. The third-order valence-corrected chi connectivity index (χ3v) is 2.63. The minimum absolute atomic E-state index is 0.102. The highest BCUT2D eigenvalue weighted by molar-refractivity contribution is 9.10. The van der Waals surface area contributed by atoms with Crippen LogP contribution >= 0.6 is 15.9 Å². The van der Waals surface area contributed by atoms with Crippen molar-refractivity contribution in [2.45, 2.75) is 19.4 Å². The van der Waals surface area contributed by atoms with E-state index in [9.17, 15) is 9.18 Å². The Bertz CT molecular complexity index is 439. The maximum Gasteiger partial charge on any atom is 0.252 e. The lowest BCUT2D eigenvalue weighted by molar-refractivity contribution is 0.0940. The highest BCUT2D eigenvalue weighted by Gasteiger charge is 2.12. The second kappa shape index (κ2) is 5.66. The predicted octanol–water partition coefficient (Wildman–Crippen LogP) is 2.73. The lowest BCUT2D eigenvalue weighted by Gasteiger charge is -2.11. The van der Waals surface area contributed by atoms with Crippen LogP contribution in [0.15, 0.2) is 22.7 Å². The van der Waals surface area contributed by atoms with Gasteiger partial charge in [-0.15, -0.1) is 12.3 Å². The van der Waals surface area contributed by atoms with Crippen LogP contribution in [-0.2, 0) is 0 Å². The first-order valence-corrected chi connectivity index (χ1v) is 5.53. The van der Waals surface area contributed by atoms with Gasteiger partial charge in [0.25, 0.3) is 5.91 Å². The third kappa shape index (κ3) is 3.35. The van der Waals surface area contributed by atoms with Crippen molar-refractivity contribution >= 4 is 21.8 Å². The van der Waals surface area contributed by atoms with E-state index in [0.29, 0.717) is 16.5 Å². The molecular weight excluding hydrogens is 273 g/mol. The molecule has 0 bridgehead atoms. The van der Waals surface area contributed by atoms with Crippen LogP contribution in [0.2, 0.25) is 0 Å². The molecule has 1 rings (SSSR count). The summed E-state index contributed by atoms with van der Waals surface area (Å²) in [6.45, 7) is 1.81. The number of amides is 1. The zero-order chi connectivity index (χ0) is 12.1. The van der Waals surface area contributed by atoms with Gasteiger partial charge in [0.1, 0.15) is 5.82 Å². The van der Waals surface area contributed by atoms with Crippen LogP contribution in [0.4, 0.5) is 4.39 Å². The van der Waals surface area contributed by atoms with Crippen LogP contribution in [0.1, 0.15) is 23.7 Å². The summed E-state index contributed by atoms with van der Waals surface area (Å²) in [5, 5.41) is 2.72. The Kier molecular flexibility index (Phi) is 4.51. The van der Waals surface area contributed by atoms with Crippen molar-refractivity contribution in [2.75, 3.05) is 0 Å². The van der Waals surface area contributed by atoms with Crippen LogP contribution in [0.5, 0.6) is 0 Å². The number of carbonyl (C=O) groups excluding carboxylic acids is 1. The van der Waals surface area contributed by atoms with Gasteiger partial charge in [0.15, 0.2) is 0 Å². The number of hydrogen-bond acceptors (Lipinski definition) is 1. The molecule has 1 aromatic rings. The Morgan fingerprint density at radius 3 is 2.94 bits per heavy atom. The van der Waals surface area contributed by atoms with Crippen molar-refractivity contribution in [1.82, 2.24) is 5.32 Å². The van der Waals surface area contributed by atoms with Crippen LogP contribution in [-0.4, -0.2) is 11.9 Å². The fourth-order valence-corrected chi connectivity index (χ4v) is 1.73. The molecule has 0 spiro atoms. The van der Waals surface area contributed by atoms with Crippen molar-refractivity contribution in [2.24, 2.45) is 0 Å². The molecule has 0 aliphatic carbocycles. The summed E-state index contributed by atoms with van der Waals surface area (Å²) in [6.07, 6.45) is 5.60. The Morgan fingerprint density at radius 1 is 1.69 bits per heavy atom. The zero-order valence-electron chi connectivity index (χ0n) is 8.76. The second-order valence-electron chi connectivity index (χ2n) is 3.41. The molecule has 0 aliphatic heterocycles. The van der Waals surface area contributed by atoms with E-state index < -0.39 is 0 Å². The van der Waals surface area contributed by atoms with Crippen LogP contribution in [0, 0.1) is 18.2 Å². The molecule has 1 aromatic carbocycles. The fraction of sp³-hybridized carbons (Fsp3) is 0.250. The number of carbonyl (C=O) groups is 1. The summed E-state index contributed by atoms with van der Waals surface area (Å²) in [6, 6.07) is 3.82. The SMILES string of the molecule is C#CCC(C)NC(=O)c1ccc(F)cc1Br. The molecule has 0 fully saturated rings. The lowest BCUT2D eigenvalue weighted by Crippen LogP contribution is -2.32. The van der Waals surface area contributed by atoms with Gasteiger partial charge in [0.2, 0.25) is 0 Å². The molecule has 84 valence electrons. The Labute approximate surface area is 102 Å². The van der Waals surface area contributed by atoms with Gasteiger partial charge in [-0.1, -0.05) is 0 Å². The number of hydrogen-bond donors (Lipinski definition) is 1. The van der Waals surface area contributed by atoms with E-state index >= 15 is 0 Å². The molecule has 1 unspecified atom stereocenters. The molecule has 0 radical (unpaired) electrons. The smallest absolute Gasteiger partial charge is 0.252 e. The molecule has 1 N–H and O–H groups in total. The van der Waals surface area contributed by atoms with E-state index in [1.165, 1.54) is 18.2 Å². The summed E-state index contributed by atoms with van der Waals surface area (Å²) >= 11 is 3.14. The highest BCUT2D eigenvalue weighted by atomic mass is 79.9. The summed E-state index contributed by atoms with van der Waals surface area (Å²) in [4.78, 5) is 11.7. The first-order chi connectivity index (χ1) is 7.54. The van der Waals surface area contributed by atoms with Crippen molar-refractivity contribution in [1.29, 1.82) is 0 Å². The van der Waals surface area contributed by atoms with Gasteiger partial charge in [-0.2, -0.15) is 0 Å². The molecule has 1 atom stereocenters. The first-order valence-electron chi connectivity index (χ1n) is 4.74. The van der Waals surface area contributed by atoms with Gasteiger partial charge >= 0.3 is 0 Å². The minimum atomic E-state index is -0.389. The topological polar surface area (TPSA) is 29.1 Å². The summed E-state index contributed by atoms with van der Waals surface area (Å²) < 4.78 is 13.2. The van der Waals surface area contributed by atoms with E-state index in [1.54, 1.807) is 0 Å². The molecular formula is C12H11BrFNO. The third-order valence-electron chi connectivity index (χ3n) is 1.98. The molecule has 0 saturated carbocycles. The molecule has 0 aliphatic rings. The van der Waals surface area contributed by atoms with Crippen molar-refractivity contribution in [3.63, 3.8) is 0 Å². The molecule has 0 aromatic heterocycles. The van der Waals surface area contributed by atoms with Crippen LogP contribution < -0.4 is 5.32 Å². The van der Waals surface area contributed by atoms with E-state index in [4.69, 9.17) is 6.42 Å². The Morgan fingerprint density at radius 2 is 2.38 bits per heavy atom. The quantitative estimate of drug-likeness (QED) is 0.850. The molecule has 1 amide bonds. The van der Waals surface area contributed by atoms with E-state index in [2.05, 4.69) is 27.2 Å². The van der Waals surface area contributed by atoms with Crippen molar-refractivity contribution in [3.8, 4) is 12.3 Å². The van der Waals surface area contributed by atoms with Crippen molar-refractivity contribution in [3.05, 3.63) is 34.1 Å². The fourth-order valence-electron chi connectivity index (χ4n) is 1.20. The largest absolute Gasteiger partial charge is 0.349 e. The first kappa shape index (κ1) is 12.7. The van der Waals surface area contributed by atoms with E-state index in [-0.39, 0.29) is 17.8 Å². The average Bonchev–Trinajstić information content (AvgIpc) is 2.17. The van der Waals surface area contributed by atoms with Gasteiger partial charge in [-0.05, 0) is 41.1 Å². The minimum Gasteiger partial charge on any atom is -0.349 e. The van der Waals surface area contributed by atoms with E-state index in [1.807, 2.05) is 6.92 Å². The van der Waals surface area contributed by atoms with Gasteiger partial charge in [-0.25, -0.2) is 4.39 Å². The molecule has 4 heteroatoms. The number of nitrogens with one attached hydrogen (secondary N) is 1. The Hall–Kier alpha value is -1.34. The summed E-state index contributed by atoms with van der Waals surface area (Å²) in [5.41, 5.74) is 0.394. The maximum atomic E-state index is 12.8. The van der Waals surface area contributed by atoms with Crippen LogP contribution in [0.3, 0.4) is 0 Å². The number of halogens is 2.